The monoisotopic (exact) mass is 265 g/mol. The van der Waals surface area contributed by atoms with Crippen LogP contribution in [0.15, 0.2) is 42.7 Å². The van der Waals surface area contributed by atoms with Gasteiger partial charge in [-0.3, -0.25) is 0 Å². The van der Waals surface area contributed by atoms with Crippen molar-refractivity contribution in [2.24, 2.45) is 5.73 Å². The normalized spacial score (nSPS) is 10.4. The minimum Gasteiger partial charge on any atom is -0.326 e. The van der Waals surface area contributed by atoms with Gasteiger partial charge in [-0.1, -0.05) is 24.3 Å². The predicted octanol–water partition coefficient (Wildman–Crippen LogP) is 0.849. The summed E-state index contributed by atoms with van der Waals surface area (Å²) in [6, 6.07) is 9.34. The van der Waals surface area contributed by atoms with Crippen LogP contribution in [-0.4, -0.2) is 30.4 Å². The Balaban J connectivity index is 1.89. The lowest BCUT2D eigenvalue weighted by molar-refractivity contribution is 0.862. The number of nitrogens with two attached hydrogens (primary N) is 1. The Morgan fingerprint density at radius 2 is 1.35 bits per heavy atom. The number of aromatic nitrogens is 6. The Kier molecular flexibility index (Phi) is 3.34. The van der Waals surface area contributed by atoms with Crippen molar-refractivity contribution in [2.45, 2.75) is 6.54 Å². The molecular formula is C13H11N7. The molecule has 2 aromatic heterocycles. The summed E-state index contributed by atoms with van der Waals surface area (Å²) in [6.07, 6.45) is 3.23. The average molecular weight is 265 g/mol. The first-order valence-corrected chi connectivity index (χ1v) is 6.01. The fraction of sp³-hybridized carbons (Fsp3) is 0.0769. The Morgan fingerprint density at radius 1 is 0.750 bits per heavy atom. The van der Waals surface area contributed by atoms with Gasteiger partial charge in [0.05, 0.1) is 0 Å². The van der Waals surface area contributed by atoms with Crippen LogP contribution in [0.3, 0.4) is 0 Å². The van der Waals surface area contributed by atoms with Gasteiger partial charge < -0.3 is 5.73 Å². The van der Waals surface area contributed by atoms with Crippen molar-refractivity contribution < 1.29 is 0 Å². The van der Waals surface area contributed by atoms with Crippen molar-refractivity contribution in [1.29, 1.82) is 0 Å². The van der Waals surface area contributed by atoms with Gasteiger partial charge in [-0.15, -0.1) is 20.4 Å². The second-order valence-corrected chi connectivity index (χ2v) is 4.02. The molecule has 3 aromatic rings. The first kappa shape index (κ1) is 12.2. The highest BCUT2D eigenvalue weighted by Crippen LogP contribution is 2.14. The van der Waals surface area contributed by atoms with Crippen LogP contribution in [-0.2, 0) is 6.54 Å². The number of nitrogens with zero attached hydrogens (tertiary/aromatic N) is 6. The molecule has 0 atom stereocenters. The molecule has 0 bridgehead atoms. The van der Waals surface area contributed by atoms with Crippen molar-refractivity contribution in [3.05, 3.63) is 48.3 Å². The van der Waals surface area contributed by atoms with E-state index in [1.54, 1.807) is 18.5 Å². The fourth-order valence-electron chi connectivity index (χ4n) is 1.64. The molecule has 7 heteroatoms. The van der Waals surface area contributed by atoms with E-state index < -0.39 is 0 Å². The van der Waals surface area contributed by atoms with Crippen molar-refractivity contribution in [2.75, 3.05) is 0 Å². The van der Waals surface area contributed by atoms with E-state index in [1.807, 2.05) is 24.3 Å². The van der Waals surface area contributed by atoms with E-state index in [0.717, 1.165) is 11.1 Å². The summed E-state index contributed by atoms with van der Waals surface area (Å²) in [5.74, 6) is 1.15. The third-order valence-corrected chi connectivity index (χ3v) is 2.69. The molecule has 7 nitrogen and oxygen atoms in total. The zero-order valence-electron chi connectivity index (χ0n) is 10.5. The molecule has 3 rings (SSSR count). The van der Waals surface area contributed by atoms with E-state index >= 15 is 0 Å². The van der Waals surface area contributed by atoms with E-state index in [-0.39, 0.29) is 0 Å². The molecule has 0 aliphatic rings. The van der Waals surface area contributed by atoms with Crippen LogP contribution in [0.4, 0.5) is 0 Å². The maximum absolute atomic E-state index is 5.55. The van der Waals surface area contributed by atoms with Gasteiger partial charge in [-0.05, 0) is 11.6 Å². The largest absolute Gasteiger partial charge is 0.326 e. The number of hydrogen-bond donors (Lipinski definition) is 1. The summed E-state index contributed by atoms with van der Waals surface area (Å²) >= 11 is 0. The molecule has 0 aliphatic heterocycles. The van der Waals surface area contributed by atoms with Crippen LogP contribution in [0.25, 0.3) is 23.0 Å². The van der Waals surface area contributed by atoms with Crippen LogP contribution in [0.1, 0.15) is 5.56 Å². The predicted molar refractivity (Wildman–Crippen MR) is 72.0 cm³/mol. The van der Waals surface area contributed by atoms with E-state index in [1.165, 1.54) is 0 Å². The summed E-state index contributed by atoms with van der Waals surface area (Å²) in [5, 5.41) is 16.1. The minimum atomic E-state index is 0.299. The Morgan fingerprint density at radius 3 is 1.95 bits per heavy atom. The number of hydrogen-bond acceptors (Lipinski definition) is 7. The number of benzene rings is 1. The van der Waals surface area contributed by atoms with Gasteiger partial charge in [0.15, 0.2) is 0 Å². The summed E-state index contributed by atoms with van der Waals surface area (Å²) < 4.78 is 0. The highest BCUT2D eigenvalue weighted by Gasteiger charge is 2.07. The van der Waals surface area contributed by atoms with Crippen LogP contribution in [0.2, 0.25) is 0 Å². The molecule has 0 unspecified atom stereocenters. The van der Waals surface area contributed by atoms with E-state index in [2.05, 4.69) is 30.4 Å². The molecule has 0 fully saturated rings. The van der Waals surface area contributed by atoms with Gasteiger partial charge in [-0.2, -0.15) is 0 Å². The molecule has 1 aromatic carbocycles. The summed E-state index contributed by atoms with van der Waals surface area (Å²) in [5.41, 5.74) is 7.43. The van der Waals surface area contributed by atoms with Gasteiger partial charge in [0.1, 0.15) is 0 Å². The SMILES string of the molecule is NCc1ccc(-c2nnc(-c3ncccn3)nn2)cc1. The molecule has 0 radical (unpaired) electrons. The molecule has 0 saturated carbocycles. The van der Waals surface area contributed by atoms with Gasteiger partial charge in [0.25, 0.3) is 0 Å². The molecule has 2 heterocycles. The molecule has 0 saturated heterocycles. The summed E-state index contributed by atoms with van der Waals surface area (Å²) in [4.78, 5) is 8.09. The molecule has 20 heavy (non-hydrogen) atoms. The fourth-order valence-corrected chi connectivity index (χ4v) is 1.64. The second kappa shape index (κ2) is 5.45. The quantitative estimate of drug-likeness (QED) is 0.748. The average Bonchev–Trinajstić information content (AvgIpc) is 2.56. The maximum atomic E-state index is 5.55. The van der Waals surface area contributed by atoms with E-state index in [0.29, 0.717) is 24.0 Å². The third-order valence-electron chi connectivity index (χ3n) is 2.69. The summed E-state index contributed by atoms with van der Waals surface area (Å²) in [6.45, 7) is 0.502. The Hall–Kier alpha value is -2.80. The van der Waals surface area contributed by atoms with Crippen molar-refractivity contribution in [1.82, 2.24) is 30.4 Å². The van der Waals surface area contributed by atoms with E-state index in [4.69, 9.17) is 5.73 Å². The molecule has 0 amide bonds. The Labute approximate surface area is 115 Å². The van der Waals surface area contributed by atoms with Gasteiger partial charge in [0.2, 0.25) is 17.5 Å². The highest BCUT2D eigenvalue weighted by molar-refractivity contribution is 5.54. The third kappa shape index (κ3) is 2.47. The summed E-state index contributed by atoms with van der Waals surface area (Å²) in [7, 11) is 0. The standard InChI is InChI=1S/C13H11N7/c14-8-9-2-4-10(5-3-9)11-17-19-13(20-18-11)12-15-6-1-7-16-12/h1-7H,8,14H2. The first-order chi connectivity index (χ1) is 9.86. The van der Waals surface area contributed by atoms with Crippen LogP contribution in [0, 0.1) is 0 Å². The topological polar surface area (TPSA) is 103 Å². The lowest BCUT2D eigenvalue weighted by atomic mass is 10.1. The second-order valence-electron chi connectivity index (χ2n) is 4.02. The zero-order valence-corrected chi connectivity index (χ0v) is 10.5. The smallest absolute Gasteiger partial charge is 0.240 e. The van der Waals surface area contributed by atoms with Crippen LogP contribution >= 0.6 is 0 Å². The highest BCUT2D eigenvalue weighted by atomic mass is 15.3. The lowest BCUT2D eigenvalue weighted by Crippen LogP contribution is -2.02. The van der Waals surface area contributed by atoms with Crippen LogP contribution in [0.5, 0.6) is 0 Å². The van der Waals surface area contributed by atoms with Crippen LogP contribution < -0.4 is 5.73 Å². The van der Waals surface area contributed by atoms with Gasteiger partial charge >= 0.3 is 0 Å². The van der Waals surface area contributed by atoms with Crippen molar-refractivity contribution in [3.8, 4) is 23.0 Å². The molecule has 2 N–H and O–H groups in total. The van der Waals surface area contributed by atoms with Crippen molar-refractivity contribution in [3.63, 3.8) is 0 Å². The molecule has 0 spiro atoms. The zero-order chi connectivity index (χ0) is 13.8. The maximum Gasteiger partial charge on any atom is 0.240 e. The van der Waals surface area contributed by atoms with Gasteiger partial charge in [0, 0.05) is 24.5 Å². The molecule has 0 aliphatic carbocycles. The Bertz CT molecular complexity index is 680. The minimum absolute atomic E-state index is 0.299. The van der Waals surface area contributed by atoms with E-state index in [9.17, 15) is 0 Å². The van der Waals surface area contributed by atoms with Gasteiger partial charge in [-0.25, -0.2) is 9.97 Å². The lowest BCUT2D eigenvalue weighted by Gasteiger charge is -2.01. The van der Waals surface area contributed by atoms with Crippen molar-refractivity contribution >= 4 is 0 Å². The molecule has 98 valence electrons. The number of rotatable bonds is 3. The molecular weight excluding hydrogens is 254 g/mol. The first-order valence-electron chi connectivity index (χ1n) is 6.01.